The Labute approximate surface area is 122 Å². The third-order valence-corrected chi connectivity index (χ3v) is 3.66. The first kappa shape index (κ1) is 15.2. The highest BCUT2D eigenvalue weighted by Gasteiger charge is 2.19. The second kappa shape index (κ2) is 6.97. The SMILES string of the molecule is O=C(CN1CCCCCCC1=O)c1ccc([N+](=O)[O-])cc1. The Hall–Kier alpha value is -2.24. The summed E-state index contributed by atoms with van der Waals surface area (Å²) in [6, 6.07) is 5.50. The number of carbonyl (C=O) groups is 2. The fourth-order valence-electron chi connectivity index (χ4n) is 2.42. The lowest BCUT2D eigenvalue weighted by molar-refractivity contribution is -0.384. The average molecular weight is 290 g/mol. The predicted octanol–water partition coefficient (Wildman–Crippen LogP) is 2.57. The number of nitrogens with zero attached hydrogens (tertiary/aromatic N) is 2. The minimum absolute atomic E-state index is 0.0185. The molecule has 0 radical (unpaired) electrons. The van der Waals surface area contributed by atoms with Crippen molar-refractivity contribution < 1.29 is 14.5 Å². The van der Waals surface area contributed by atoms with Crippen LogP contribution in [0.1, 0.15) is 42.5 Å². The van der Waals surface area contributed by atoms with Crippen LogP contribution in [0.2, 0.25) is 0 Å². The molecule has 1 aromatic rings. The minimum atomic E-state index is -0.504. The highest BCUT2D eigenvalue weighted by molar-refractivity contribution is 5.99. The number of nitro benzene ring substituents is 1. The van der Waals surface area contributed by atoms with Crippen molar-refractivity contribution in [3.63, 3.8) is 0 Å². The van der Waals surface area contributed by atoms with Gasteiger partial charge in [0.2, 0.25) is 5.91 Å². The number of non-ortho nitro benzene ring substituents is 1. The smallest absolute Gasteiger partial charge is 0.269 e. The van der Waals surface area contributed by atoms with Crippen molar-refractivity contribution in [2.24, 2.45) is 0 Å². The van der Waals surface area contributed by atoms with Crippen LogP contribution in [0.4, 0.5) is 5.69 Å². The Kier molecular flexibility index (Phi) is 5.03. The van der Waals surface area contributed by atoms with Gasteiger partial charge in [-0.2, -0.15) is 0 Å². The van der Waals surface area contributed by atoms with Gasteiger partial charge in [0, 0.05) is 30.7 Å². The number of amides is 1. The maximum atomic E-state index is 12.2. The molecule has 0 aliphatic carbocycles. The van der Waals surface area contributed by atoms with Gasteiger partial charge in [-0.05, 0) is 25.0 Å². The Morgan fingerprint density at radius 3 is 2.48 bits per heavy atom. The van der Waals surface area contributed by atoms with E-state index in [1.54, 1.807) is 4.90 Å². The van der Waals surface area contributed by atoms with Gasteiger partial charge >= 0.3 is 0 Å². The van der Waals surface area contributed by atoms with Gasteiger partial charge in [0.15, 0.2) is 5.78 Å². The van der Waals surface area contributed by atoms with Gasteiger partial charge in [0.25, 0.3) is 5.69 Å². The number of carbonyl (C=O) groups excluding carboxylic acids is 2. The third kappa shape index (κ3) is 4.11. The van der Waals surface area contributed by atoms with Crippen molar-refractivity contribution in [2.75, 3.05) is 13.1 Å². The second-order valence-electron chi connectivity index (χ2n) is 5.21. The van der Waals surface area contributed by atoms with Gasteiger partial charge in [-0.3, -0.25) is 19.7 Å². The van der Waals surface area contributed by atoms with Gasteiger partial charge in [-0.25, -0.2) is 0 Å². The molecule has 1 heterocycles. The number of rotatable bonds is 4. The van der Waals surface area contributed by atoms with E-state index in [1.165, 1.54) is 24.3 Å². The van der Waals surface area contributed by atoms with Gasteiger partial charge in [-0.1, -0.05) is 12.8 Å². The van der Waals surface area contributed by atoms with Gasteiger partial charge in [0.05, 0.1) is 11.5 Å². The molecule has 0 atom stereocenters. The van der Waals surface area contributed by atoms with E-state index in [1.807, 2.05) is 0 Å². The van der Waals surface area contributed by atoms with Crippen LogP contribution in [0.5, 0.6) is 0 Å². The van der Waals surface area contributed by atoms with Gasteiger partial charge in [-0.15, -0.1) is 0 Å². The minimum Gasteiger partial charge on any atom is -0.335 e. The normalized spacial score (nSPS) is 16.2. The number of nitro groups is 1. The zero-order valence-corrected chi connectivity index (χ0v) is 11.8. The summed E-state index contributed by atoms with van der Waals surface area (Å²) in [5, 5.41) is 10.6. The summed E-state index contributed by atoms with van der Waals surface area (Å²) in [6.07, 6.45) is 4.43. The Bertz CT molecular complexity index is 539. The molecule has 1 aliphatic heterocycles. The molecule has 0 bridgehead atoms. The second-order valence-corrected chi connectivity index (χ2v) is 5.21. The number of benzene rings is 1. The number of ketones is 1. The van der Waals surface area contributed by atoms with E-state index in [0.717, 1.165) is 25.7 Å². The molecule has 0 unspecified atom stereocenters. The van der Waals surface area contributed by atoms with Crippen LogP contribution >= 0.6 is 0 Å². The van der Waals surface area contributed by atoms with E-state index in [9.17, 15) is 19.7 Å². The molecule has 1 fully saturated rings. The van der Waals surface area contributed by atoms with Crippen LogP contribution in [0.3, 0.4) is 0 Å². The molecule has 0 aromatic heterocycles. The first-order valence-electron chi connectivity index (χ1n) is 7.13. The molecule has 1 aliphatic rings. The Balaban J connectivity index is 2.02. The van der Waals surface area contributed by atoms with Crippen molar-refractivity contribution in [2.45, 2.75) is 32.1 Å². The largest absolute Gasteiger partial charge is 0.335 e. The monoisotopic (exact) mass is 290 g/mol. The summed E-state index contributed by atoms with van der Waals surface area (Å²) in [6.45, 7) is 0.661. The van der Waals surface area contributed by atoms with E-state index in [-0.39, 0.29) is 23.9 Å². The molecule has 1 saturated heterocycles. The van der Waals surface area contributed by atoms with Crippen molar-refractivity contribution in [1.29, 1.82) is 0 Å². The van der Waals surface area contributed by atoms with E-state index in [0.29, 0.717) is 18.5 Å². The summed E-state index contributed by atoms with van der Waals surface area (Å²) in [5.74, 6) is -0.163. The lowest BCUT2D eigenvalue weighted by Gasteiger charge is -2.24. The Morgan fingerprint density at radius 1 is 1.14 bits per heavy atom. The van der Waals surface area contributed by atoms with E-state index < -0.39 is 4.92 Å². The molecule has 1 amide bonds. The fourth-order valence-corrected chi connectivity index (χ4v) is 2.42. The summed E-state index contributed by atoms with van der Waals surface area (Å²) in [5.41, 5.74) is 0.351. The molecule has 6 nitrogen and oxygen atoms in total. The predicted molar refractivity (Wildman–Crippen MR) is 77.1 cm³/mol. The highest BCUT2D eigenvalue weighted by atomic mass is 16.6. The number of likely N-dealkylation sites (tertiary alicyclic amines) is 1. The molecule has 0 saturated carbocycles. The zero-order valence-electron chi connectivity index (χ0n) is 11.8. The molecule has 6 heteroatoms. The van der Waals surface area contributed by atoms with E-state index in [4.69, 9.17) is 0 Å². The van der Waals surface area contributed by atoms with Gasteiger partial charge in [0.1, 0.15) is 0 Å². The first-order chi connectivity index (χ1) is 10.1. The molecule has 21 heavy (non-hydrogen) atoms. The van der Waals surface area contributed by atoms with Crippen LogP contribution in [-0.2, 0) is 4.79 Å². The maximum Gasteiger partial charge on any atom is 0.269 e. The molecule has 2 rings (SSSR count). The summed E-state index contributed by atoms with van der Waals surface area (Å²) in [7, 11) is 0. The first-order valence-corrected chi connectivity index (χ1v) is 7.13. The van der Waals surface area contributed by atoms with Crippen LogP contribution in [0.25, 0.3) is 0 Å². The standard InChI is InChI=1S/C15H18N2O4/c18-14(12-6-8-13(9-7-12)17(20)21)11-16-10-4-2-1-3-5-15(16)19/h6-9H,1-5,10-11H2. The number of Topliss-reactive ketones (excluding diaryl/α,β-unsaturated/α-hetero) is 1. The number of hydrogen-bond acceptors (Lipinski definition) is 4. The van der Waals surface area contributed by atoms with Crippen LogP contribution in [-0.4, -0.2) is 34.6 Å². The molecule has 1 aromatic carbocycles. The maximum absolute atomic E-state index is 12.2. The lowest BCUT2D eigenvalue weighted by Crippen LogP contribution is -2.37. The van der Waals surface area contributed by atoms with Crippen LogP contribution in [0.15, 0.2) is 24.3 Å². The molecule has 0 N–H and O–H groups in total. The van der Waals surface area contributed by atoms with Gasteiger partial charge < -0.3 is 4.90 Å². The molecule has 112 valence electrons. The topological polar surface area (TPSA) is 80.5 Å². The Morgan fingerprint density at radius 2 is 1.81 bits per heavy atom. The quantitative estimate of drug-likeness (QED) is 0.485. The highest BCUT2D eigenvalue weighted by Crippen LogP contribution is 2.15. The van der Waals surface area contributed by atoms with E-state index in [2.05, 4.69) is 0 Å². The third-order valence-electron chi connectivity index (χ3n) is 3.66. The summed E-state index contributed by atoms with van der Waals surface area (Å²) < 4.78 is 0. The zero-order chi connectivity index (χ0) is 15.2. The summed E-state index contributed by atoms with van der Waals surface area (Å²) in [4.78, 5) is 35.8. The number of hydrogen-bond donors (Lipinski definition) is 0. The fraction of sp³-hybridized carbons (Fsp3) is 0.467. The van der Waals surface area contributed by atoms with Crippen LogP contribution in [0, 0.1) is 10.1 Å². The van der Waals surface area contributed by atoms with Crippen molar-refractivity contribution >= 4 is 17.4 Å². The van der Waals surface area contributed by atoms with Crippen molar-refractivity contribution in [3.05, 3.63) is 39.9 Å². The molecule has 0 spiro atoms. The average Bonchev–Trinajstić information content (AvgIpc) is 2.47. The molecular weight excluding hydrogens is 272 g/mol. The van der Waals surface area contributed by atoms with Crippen molar-refractivity contribution in [3.8, 4) is 0 Å². The van der Waals surface area contributed by atoms with Crippen LogP contribution < -0.4 is 0 Å². The van der Waals surface area contributed by atoms with E-state index >= 15 is 0 Å². The molecular formula is C15H18N2O4. The summed E-state index contributed by atoms with van der Waals surface area (Å²) >= 11 is 0. The lowest BCUT2D eigenvalue weighted by atomic mass is 10.1. The van der Waals surface area contributed by atoms with Crippen molar-refractivity contribution in [1.82, 2.24) is 4.90 Å².